The van der Waals surface area contributed by atoms with Crippen LogP contribution in [-0.4, -0.2) is 4.98 Å². The van der Waals surface area contributed by atoms with Crippen molar-refractivity contribution in [2.45, 2.75) is 0 Å². The summed E-state index contributed by atoms with van der Waals surface area (Å²) in [5.74, 6) is -2.85. The smallest absolute Gasteiger partial charge is 0.139 e. The van der Waals surface area contributed by atoms with E-state index in [1.165, 1.54) is 6.20 Å². The van der Waals surface area contributed by atoms with E-state index < -0.39 is 17.5 Å². The summed E-state index contributed by atoms with van der Waals surface area (Å²) >= 11 is 0.972. The molecule has 1 nitrogen and oxygen atoms in total. The normalized spacial score (nSPS) is 10.5. The molecule has 1 heterocycles. The Morgan fingerprint density at radius 2 is 1.79 bits per heavy atom. The van der Waals surface area contributed by atoms with Crippen LogP contribution in [0.15, 0.2) is 18.3 Å². The van der Waals surface area contributed by atoms with Gasteiger partial charge < -0.3 is 0 Å². The Balaban J connectivity index is 2.64. The molecule has 0 aliphatic carbocycles. The van der Waals surface area contributed by atoms with Crippen molar-refractivity contribution in [2.24, 2.45) is 0 Å². The van der Waals surface area contributed by atoms with E-state index in [0.717, 1.165) is 11.3 Å². The van der Waals surface area contributed by atoms with Gasteiger partial charge in [0.05, 0.1) is 10.9 Å². The molecule has 1 radical (unpaired) electrons. The third-order valence-corrected chi connectivity index (χ3v) is 2.34. The average molecular weight is 214 g/mol. The Morgan fingerprint density at radius 1 is 1.14 bits per heavy atom. The molecule has 0 spiro atoms. The highest BCUT2D eigenvalue weighted by molar-refractivity contribution is 7.12. The average Bonchev–Trinajstić information content (AvgIpc) is 2.54. The first kappa shape index (κ1) is 9.21. The van der Waals surface area contributed by atoms with Crippen molar-refractivity contribution >= 4 is 11.3 Å². The molecule has 71 valence electrons. The van der Waals surface area contributed by atoms with Gasteiger partial charge in [-0.3, -0.25) is 0 Å². The van der Waals surface area contributed by atoms with Gasteiger partial charge in [-0.05, 0) is 0 Å². The molecule has 0 amide bonds. The van der Waals surface area contributed by atoms with E-state index in [0.29, 0.717) is 12.1 Å². The van der Waals surface area contributed by atoms with Crippen LogP contribution in [0, 0.1) is 22.8 Å². The molecule has 1 aromatic heterocycles. The lowest BCUT2D eigenvalue weighted by atomic mass is 10.2. The summed E-state index contributed by atoms with van der Waals surface area (Å²) in [5.41, 5.74) is -0.308. The van der Waals surface area contributed by atoms with Gasteiger partial charge in [-0.15, -0.1) is 11.3 Å². The minimum Gasteiger partial charge on any atom is -0.244 e. The van der Waals surface area contributed by atoms with Gasteiger partial charge in [-0.25, -0.2) is 18.2 Å². The molecular formula is C9H3F3NS. The molecule has 2 aromatic rings. The minimum absolute atomic E-state index is 0.153. The fraction of sp³-hybridized carbons (Fsp3) is 0. The number of aromatic nitrogens is 1. The third-order valence-electron chi connectivity index (χ3n) is 1.61. The number of benzene rings is 1. The Labute approximate surface area is 81.8 Å². The maximum atomic E-state index is 13.1. The van der Waals surface area contributed by atoms with E-state index in [4.69, 9.17) is 0 Å². The highest BCUT2D eigenvalue weighted by Gasteiger charge is 2.15. The van der Waals surface area contributed by atoms with Gasteiger partial charge in [0.15, 0.2) is 0 Å². The fourth-order valence-corrected chi connectivity index (χ4v) is 1.68. The van der Waals surface area contributed by atoms with E-state index >= 15 is 0 Å². The first-order valence-electron chi connectivity index (χ1n) is 3.65. The number of nitrogens with zero attached hydrogens (tertiary/aromatic N) is 1. The van der Waals surface area contributed by atoms with Gasteiger partial charge in [-0.1, -0.05) is 0 Å². The molecule has 0 unspecified atom stereocenters. The zero-order valence-electron chi connectivity index (χ0n) is 6.72. The van der Waals surface area contributed by atoms with E-state index in [9.17, 15) is 13.2 Å². The molecule has 14 heavy (non-hydrogen) atoms. The van der Waals surface area contributed by atoms with Crippen molar-refractivity contribution in [2.75, 3.05) is 0 Å². The summed E-state index contributed by atoms with van der Waals surface area (Å²) in [4.78, 5) is 3.70. The van der Waals surface area contributed by atoms with Gasteiger partial charge in [0.1, 0.15) is 22.5 Å². The zero-order valence-corrected chi connectivity index (χ0v) is 7.54. The van der Waals surface area contributed by atoms with Crippen molar-refractivity contribution < 1.29 is 13.2 Å². The van der Waals surface area contributed by atoms with Crippen molar-refractivity contribution in [1.82, 2.24) is 4.98 Å². The second-order valence-electron chi connectivity index (χ2n) is 2.53. The number of hydrogen-bond donors (Lipinski definition) is 0. The second-order valence-corrected chi connectivity index (χ2v) is 3.35. The summed E-state index contributed by atoms with van der Waals surface area (Å²) in [5, 5.41) is 2.75. The molecule has 0 aliphatic rings. The predicted octanol–water partition coefficient (Wildman–Crippen LogP) is 3.03. The van der Waals surface area contributed by atoms with Crippen LogP contribution in [-0.2, 0) is 0 Å². The van der Waals surface area contributed by atoms with Crippen LogP contribution < -0.4 is 0 Å². The minimum atomic E-state index is -0.953. The van der Waals surface area contributed by atoms with Crippen molar-refractivity contribution in [1.29, 1.82) is 0 Å². The largest absolute Gasteiger partial charge is 0.244 e. The van der Waals surface area contributed by atoms with Crippen molar-refractivity contribution in [3.8, 4) is 10.6 Å². The van der Waals surface area contributed by atoms with Crippen molar-refractivity contribution in [3.63, 3.8) is 0 Å². The standard InChI is InChI=1S/C9H3F3NS/c10-5-3-6(11)8(7(12)4-5)9-13-1-2-14-9/h1,3-4H. The maximum Gasteiger partial charge on any atom is 0.139 e. The monoisotopic (exact) mass is 214 g/mol. The molecule has 0 atom stereocenters. The first-order valence-corrected chi connectivity index (χ1v) is 4.47. The second kappa shape index (κ2) is 3.42. The Kier molecular flexibility index (Phi) is 2.25. The molecule has 0 aliphatic heterocycles. The van der Waals surface area contributed by atoms with E-state index in [-0.39, 0.29) is 10.6 Å². The van der Waals surface area contributed by atoms with E-state index in [1.54, 1.807) is 0 Å². The first-order chi connectivity index (χ1) is 6.68. The predicted molar refractivity (Wildman–Crippen MR) is 46.3 cm³/mol. The summed E-state index contributed by atoms with van der Waals surface area (Å²) in [7, 11) is 0. The van der Waals surface area contributed by atoms with Crippen LogP contribution >= 0.6 is 11.3 Å². The molecule has 0 bridgehead atoms. The number of halogens is 3. The lowest BCUT2D eigenvalue weighted by Gasteiger charge is -2.00. The Hall–Kier alpha value is -1.36. The van der Waals surface area contributed by atoms with Gasteiger partial charge in [0.2, 0.25) is 0 Å². The molecule has 5 heteroatoms. The molecule has 0 N–H and O–H groups in total. The van der Waals surface area contributed by atoms with Crippen LogP contribution in [0.5, 0.6) is 0 Å². The van der Waals surface area contributed by atoms with E-state index in [2.05, 4.69) is 10.4 Å². The highest BCUT2D eigenvalue weighted by atomic mass is 32.1. The molecule has 1 aromatic carbocycles. The zero-order chi connectivity index (χ0) is 10.1. The van der Waals surface area contributed by atoms with Crippen LogP contribution in [0.1, 0.15) is 0 Å². The van der Waals surface area contributed by atoms with Crippen LogP contribution in [0.25, 0.3) is 10.6 Å². The number of thiazole rings is 1. The summed E-state index contributed by atoms with van der Waals surface area (Å²) in [6, 6.07) is 1.25. The van der Waals surface area contributed by atoms with Gasteiger partial charge in [0.25, 0.3) is 0 Å². The van der Waals surface area contributed by atoms with Crippen molar-refractivity contribution in [3.05, 3.63) is 41.2 Å². The van der Waals surface area contributed by atoms with Gasteiger partial charge in [0, 0.05) is 18.3 Å². The summed E-state index contributed by atoms with van der Waals surface area (Å²) in [6.45, 7) is 0. The lowest BCUT2D eigenvalue weighted by Crippen LogP contribution is -1.91. The quantitative estimate of drug-likeness (QED) is 0.711. The fourth-order valence-electron chi connectivity index (χ4n) is 1.06. The lowest BCUT2D eigenvalue weighted by molar-refractivity contribution is 0.548. The van der Waals surface area contributed by atoms with E-state index in [1.807, 2.05) is 0 Å². The number of rotatable bonds is 1. The van der Waals surface area contributed by atoms with Crippen LogP contribution in [0.4, 0.5) is 13.2 Å². The highest BCUT2D eigenvalue weighted by Crippen LogP contribution is 2.27. The molecule has 0 saturated carbocycles. The third kappa shape index (κ3) is 1.50. The summed E-state index contributed by atoms with van der Waals surface area (Å²) in [6.07, 6.45) is 1.31. The van der Waals surface area contributed by atoms with Gasteiger partial charge >= 0.3 is 0 Å². The Bertz CT molecular complexity index is 430. The SMILES string of the molecule is Fc1cc(F)c(-c2nc[c]s2)c(F)c1. The molecular weight excluding hydrogens is 211 g/mol. The topological polar surface area (TPSA) is 12.9 Å². The van der Waals surface area contributed by atoms with Crippen LogP contribution in [0.3, 0.4) is 0 Å². The van der Waals surface area contributed by atoms with Crippen LogP contribution in [0.2, 0.25) is 0 Å². The molecule has 2 rings (SSSR count). The summed E-state index contributed by atoms with van der Waals surface area (Å²) < 4.78 is 38.8. The van der Waals surface area contributed by atoms with Gasteiger partial charge in [-0.2, -0.15) is 0 Å². The molecule has 0 fully saturated rings. The Morgan fingerprint density at radius 3 is 2.29 bits per heavy atom. The number of hydrogen-bond acceptors (Lipinski definition) is 2. The molecule has 0 saturated heterocycles. The maximum absolute atomic E-state index is 13.1.